The maximum atomic E-state index is 12.9. The second kappa shape index (κ2) is 4.73. The van der Waals surface area contributed by atoms with Gasteiger partial charge in [-0.05, 0) is 12.1 Å². The number of aromatic amines is 1. The fourth-order valence-corrected chi connectivity index (χ4v) is 1.65. The Morgan fingerprint density at radius 2 is 2.17 bits per heavy atom. The summed E-state index contributed by atoms with van der Waals surface area (Å²) < 4.78 is 25.9. The van der Waals surface area contributed by atoms with Crippen LogP contribution in [0.4, 0.5) is 8.78 Å². The van der Waals surface area contributed by atoms with E-state index in [1.54, 1.807) is 24.4 Å². The third-order valence-corrected chi connectivity index (χ3v) is 2.64. The minimum absolute atomic E-state index is 0.338. The zero-order valence-corrected chi connectivity index (χ0v) is 9.54. The minimum Gasteiger partial charge on any atom is -0.361 e. The summed E-state index contributed by atoms with van der Waals surface area (Å²) >= 11 is 0. The van der Waals surface area contributed by atoms with Crippen LogP contribution < -0.4 is 11.1 Å². The molecule has 0 atom stereocenters. The molecule has 0 saturated heterocycles. The van der Waals surface area contributed by atoms with Crippen LogP contribution in [0.2, 0.25) is 0 Å². The average Bonchev–Trinajstić information content (AvgIpc) is 2.84. The first-order valence-corrected chi connectivity index (χ1v) is 5.46. The van der Waals surface area contributed by atoms with Crippen LogP contribution in [-0.2, 0) is 0 Å². The maximum absolute atomic E-state index is 12.9. The molecule has 0 radical (unpaired) electrons. The number of nitrogens with one attached hydrogen (secondary N) is 2. The molecule has 6 heteroatoms. The van der Waals surface area contributed by atoms with Crippen molar-refractivity contribution in [2.45, 2.75) is 5.92 Å². The monoisotopic (exact) mass is 253 g/mol. The Hall–Kier alpha value is -1.95. The Bertz CT molecular complexity index is 565. The SMILES string of the molecule is NCC(F)(F)CNC(=O)c1cccc2cc[nH]c12. The lowest BCUT2D eigenvalue weighted by atomic mass is 10.1. The highest BCUT2D eigenvalue weighted by atomic mass is 19.3. The van der Waals surface area contributed by atoms with Crippen molar-refractivity contribution in [3.63, 3.8) is 0 Å². The molecule has 0 aliphatic heterocycles. The molecular weight excluding hydrogens is 240 g/mol. The number of alkyl halides is 2. The van der Waals surface area contributed by atoms with E-state index in [2.05, 4.69) is 10.3 Å². The first-order valence-electron chi connectivity index (χ1n) is 5.46. The highest BCUT2D eigenvalue weighted by Gasteiger charge is 2.27. The summed E-state index contributed by atoms with van der Waals surface area (Å²) in [6.45, 7) is -1.56. The van der Waals surface area contributed by atoms with Gasteiger partial charge in [-0.2, -0.15) is 0 Å². The van der Waals surface area contributed by atoms with Gasteiger partial charge in [-0.3, -0.25) is 4.79 Å². The second-order valence-electron chi connectivity index (χ2n) is 3.99. The van der Waals surface area contributed by atoms with Gasteiger partial charge in [0.15, 0.2) is 0 Å². The zero-order chi connectivity index (χ0) is 13.2. The third-order valence-electron chi connectivity index (χ3n) is 2.64. The van der Waals surface area contributed by atoms with Crippen molar-refractivity contribution < 1.29 is 13.6 Å². The van der Waals surface area contributed by atoms with Gasteiger partial charge in [0.05, 0.1) is 24.2 Å². The van der Waals surface area contributed by atoms with E-state index in [0.29, 0.717) is 11.1 Å². The molecule has 2 rings (SSSR count). The number of H-pyrrole nitrogens is 1. The number of nitrogens with two attached hydrogens (primary N) is 1. The Labute approximate surface area is 102 Å². The highest BCUT2D eigenvalue weighted by Crippen LogP contribution is 2.17. The number of aromatic nitrogens is 1. The van der Waals surface area contributed by atoms with Crippen molar-refractivity contribution in [1.29, 1.82) is 0 Å². The fraction of sp³-hybridized carbons (Fsp3) is 0.250. The van der Waals surface area contributed by atoms with Crippen molar-refractivity contribution in [3.05, 3.63) is 36.0 Å². The van der Waals surface area contributed by atoms with Crippen molar-refractivity contribution in [3.8, 4) is 0 Å². The quantitative estimate of drug-likeness (QED) is 0.772. The standard InChI is InChI=1S/C12H13F2N3O/c13-12(14,6-15)7-17-11(18)9-3-1-2-8-4-5-16-10(8)9/h1-5,16H,6-7,15H2,(H,17,18). The molecule has 0 bridgehead atoms. The van der Waals surface area contributed by atoms with Gasteiger partial charge in [0.2, 0.25) is 0 Å². The smallest absolute Gasteiger partial charge is 0.277 e. The number of halogens is 2. The van der Waals surface area contributed by atoms with E-state index in [-0.39, 0.29) is 0 Å². The van der Waals surface area contributed by atoms with Gasteiger partial charge >= 0.3 is 0 Å². The summed E-state index contributed by atoms with van der Waals surface area (Å²) in [6.07, 6.45) is 1.69. The number of amides is 1. The van der Waals surface area contributed by atoms with Crippen molar-refractivity contribution in [2.24, 2.45) is 5.73 Å². The van der Waals surface area contributed by atoms with Gasteiger partial charge in [-0.1, -0.05) is 12.1 Å². The van der Waals surface area contributed by atoms with Gasteiger partial charge in [0.1, 0.15) is 0 Å². The molecule has 0 unspecified atom stereocenters. The largest absolute Gasteiger partial charge is 0.361 e. The third kappa shape index (κ3) is 2.48. The molecular formula is C12H13F2N3O. The van der Waals surface area contributed by atoms with Crippen LogP contribution in [0.5, 0.6) is 0 Å². The number of carbonyl (C=O) groups excluding carboxylic acids is 1. The number of carbonyl (C=O) groups is 1. The van der Waals surface area contributed by atoms with E-state index in [1.165, 1.54) is 0 Å². The van der Waals surface area contributed by atoms with E-state index < -0.39 is 24.9 Å². The molecule has 0 saturated carbocycles. The molecule has 4 N–H and O–H groups in total. The van der Waals surface area contributed by atoms with E-state index in [4.69, 9.17) is 5.73 Å². The maximum Gasteiger partial charge on any atom is 0.277 e. The number of para-hydroxylation sites is 1. The Kier molecular flexibility index (Phi) is 3.29. The van der Waals surface area contributed by atoms with E-state index >= 15 is 0 Å². The summed E-state index contributed by atoms with van der Waals surface area (Å²) in [5, 5.41) is 3.04. The first kappa shape index (κ1) is 12.5. The fourth-order valence-electron chi connectivity index (χ4n) is 1.65. The van der Waals surface area contributed by atoms with Gasteiger partial charge < -0.3 is 16.0 Å². The van der Waals surface area contributed by atoms with Crippen molar-refractivity contribution >= 4 is 16.8 Å². The summed E-state index contributed by atoms with van der Waals surface area (Å²) in [6, 6.07) is 6.92. The molecule has 1 aromatic heterocycles. The molecule has 1 heterocycles. The molecule has 18 heavy (non-hydrogen) atoms. The van der Waals surface area contributed by atoms with E-state index in [0.717, 1.165) is 5.39 Å². The summed E-state index contributed by atoms with van der Waals surface area (Å²) in [4.78, 5) is 14.7. The molecule has 1 amide bonds. The average molecular weight is 253 g/mol. The molecule has 2 aromatic rings. The first-order chi connectivity index (χ1) is 8.53. The number of rotatable bonds is 4. The molecule has 0 aliphatic rings. The van der Waals surface area contributed by atoms with Crippen LogP contribution >= 0.6 is 0 Å². The lowest BCUT2D eigenvalue weighted by molar-refractivity contribution is 0.0119. The highest BCUT2D eigenvalue weighted by molar-refractivity contribution is 6.05. The van der Waals surface area contributed by atoms with Crippen LogP contribution in [0.3, 0.4) is 0 Å². The van der Waals surface area contributed by atoms with Gasteiger partial charge in [0, 0.05) is 11.6 Å². The van der Waals surface area contributed by atoms with Crippen LogP contribution in [0.15, 0.2) is 30.5 Å². The van der Waals surface area contributed by atoms with Gasteiger partial charge in [0.25, 0.3) is 11.8 Å². The molecule has 0 spiro atoms. The normalized spacial score (nSPS) is 11.7. The predicted octanol–water partition coefficient (Wildman–Crippen LogP) is 1.49. The Morgan fingerprint density at radius 1 is 1.39 bits per heavy atom. The van der Waals surface area contributed by atoms with Crippen LogP contribution in [-0.4, -0.2) is 29.9 Å². The summed E-state index contributed by atoms with van der Waals surface area (Å²) in [5.74, 6) is -3.63. The summed E-state index contributed by atoms with van der Waals surface area (Å²) in [7, 11) is 0. The molecule has 4 nitrogen and oxygen atoms in total. The van der Waals surface area contributed by atoms with Crippen LogP contribution in [0.25, 0.3) is 10.9 Å². The second-order valence-corrected chi connectivity index (χ2v) is 3.99. The molecule has 96 valence electrons. The predicted molar refractivity (Wildman–Crippen MR) is 64.6 cm³/mol. The van der Waals surface area contributed by atoms with Crippen LogP contribution in [0.1, 0.15) is 10.4 Å². The Balaban J connectivity index is 2.17. The van der Waals surface area contributed by atoms with Gasteiger partial charge in [-0.25, -0.2) is 8.78 Å². The number of fused-ring (bicyclic) bond motifs is 1. The molecule has 1 aromatic carbocycles. The number of hydrogen-bond acceptors (Lipinski definition) is 2. The Morgan fingerprint density at radius 3 is 2.89 bits per heavy atom. The molecule has 0 fully saturated rings. The lowest BCUT2D eigenvalue weighted by Crippen LogP contribution is -2.41. The minimum atomic E-state index is -3.08. The van der Waals surface area contributed by atoms with Crippen molar-refractivity contribution in [1.82, 2.24) is 10.3 Å². The van der Waals surface area contributed by atoms with Crippen molar-refractivity contribution in [2.75, 3.05) is 13.1 Å². The topological polar surface area (TPSA) is 70.9 Å². The van der Waals surface area contributed by atoms with Gasteiger partial charge in [-0.15, -0.1) is 0 Å². The van der Waals surface area contributed by atoms with E-state index in [9.17, 15) is 13.6 Å². The number of hydrogen-bond donors (Lipinski definition) is 3. The lowest BCUT2D eigenvalue weighted by Gasteiger charge is -2.14. The number of benzene rings is 1. The van der Waals surface area contributed by atoms with Crippen LogP contribution in [0, 0.1) is 0 Å². The summed E-state index contributed by atoms with van der Waals surface area (Å²) in [5.41, 5.74) is 5.87. The molecule has 0 aliphatic carbocycles. The van der Waals surface area contributed by atoms with E-state index in [1.807, 2.05) is 6.07 Å². The zero-order valence-electron chi connectivity index (χ0n) is 9.54.